The Hall–Kier alpha value is -2.56. The highest BCUT2D eigenvalue weighted by Crippen LogP contribution is 2.19. The van der Waals surface area contributed by atoms with E-state index >= 15 is 0 Å². The van der Waals surface area contributed by atoms with Crippen molar-refractivity contribution in [2.75, 3.05) is 6.54 Å². The standard InChI is InChI=1S/C19H22N4O/c24-19(13-23-12-15-5-1-3-7-17(15)22-23)20-10-9-14-11-21-18-8-4-2-6-16(14)18/h2,4,6,8,11-12,21H,1,3,5,7,9-10,13H2,(H,20,24). The Kier molecular flexibility index (Phi) is 4.07. The van der Waals surface area contributed by atoms with Crippen molar-refractivity contribution < 1.29 is 4.79 Å². The molecule has 0 unspecified atom stereocenters. The summed E-state index contributed by atoms with van der Waals surface area (Å²) in [5.41, 5.74) is 4.86. The number of nitrogens with zero attached hydrogens (tertiary/aromatic N) is 2. The summed E-state index contributed by atoms with van der Waals surface area (Å²) in [6.45, 7) is 0.947. The molecule has 1 aliphatic rings. The Morgan fingerprint density at radius 1 is 1.25 bits per heavy atom. The Balaban J connectivity index is 1.31. The van der Waals surface area contributed by atoms with Crippen molar-refractivity contribution in [2.45, 2.75) is 38.6 Å². The van der Waals surface area contributed by atoms with Gasteiger partial charge in [0.15, 0.2) is 0 Å². The first kappa shape index (κ1) is 15.0. The van der Waals surface area contributed by atoms with Gasteiger partial charge >= 0.3 is 0 Å². The second kappa shape index (κ2) is 6.51. The molecule has 124 valence electrons. The molecule has 1 aromatic carbocycles. The number of H-pyrrole nitrogens is 1. The van der Waals surface area contributed by atoms with Crippen molar-refractivity contribution in [3.05, 3.63) is 53.5 Å². The maximum atomic E-state index is 12.1. The molecule has 0 aliphatic heterocycles. The number of amides is 1. The topological polar surface area (TPSA) is 62.7 Å². The SMILES string of the molecule is O=C(Cn1cc2c(n1)CCCC2)NCCc1c[nH]c2ccccc12. The molecule has 24 heavy (non-hydrogen) atoms. The number of hydrogen-bond donors (Lipinski definition) is 2. The van der Waals surface area contributed by atoms with Crippen LogP contribution in [0.5, 0.6) is 0 Å². The summed E-state index contributed by atoms with van der Waals surface area (Å²) in [7, 11) is 0. The minimum Gasteiger partial charge on any atom is -0.361 e. The molecule has 2 heterocycles. The monoisotopic (exact) mass is 322 g/mol. The highest BCUT2D eigenvalue weighted by Gasteiger charge is 2.14. The van der Waals surface area contributed by atoms with E-state index in [0.717, 1.165) is 24.8 Å². The molecule has 0 fully saturated rings. The number of carbonyl (C=O) groups excluding carboxylic acids is 1. The van der Waals surface area contributed by atoms with E-state index in [4.69, 9.17) is 0 Å². The highest BCUT2D eigenvalue weighted by atomic mass is 16.2. The van der Waals surface area contributed by atoms with Gasteiger partial charge in [0.2, 0.25) is 5.91 Å². The molecule has 0 bridgehead atoms. The first-order chi connectivity index (χ1) is 11.8. The summed E-state index contributed by atoms with van der Waals surface area (Å²) >= 11 is 0. The Labute approximate surface area is 141 Å². The summed E-state index contributed by atoms with van der Waals surface area (Å²) in [6.07, 6.45) is 9.47. The van der Waals surface area contributed by atoms with Crippen molar-refractivity contribution in [1.29, 1.82) is 0 Å². The van der Waals surface area contributed by atoms with E-state index in [2.05, 4.69) is 27.5 Å². The van der Waals surface area contributed by atoms with Gasteiger partial charge in [0.05, 0.1) is 5.69 Å². The molecule has 1 aliphatic carbocycles. The van der Waals surface area contributed by atoms with Crippen molar-refractivity contribution in [1.82, 2.24) is 20.1 Å². The van der Waals surface area contributed by atoms with Crippen LogP contribution in [0.3, 0.4) is 0 Å². The minimum atomic E-state index is 0.0229. The molecule has 0 spiro atoms. The first-order valence-electron chi connectivity index (χ1n) is 8.66. The molecule has 1 amide bonds. The number of aromatic amines is 1. The fourth-order valence-electron chi connectivity index (χ4n) is 3.49. The van der Waals surface area contributed by atoms with Gasteiger partial charge in [-0.15, -0.1) is 0 Å². The molecule has 0 radical (unpaired) electrons. The molecule has 0 saturated heterocycles. The number of fused-ring (bicyclic) bond motifs is 2. The Morgan fingerprint density at radius 3 is 3.04 bits per heavy atom. The van der Waals surface area contributed by atoms with Crippen LogP contribution in [-0.2, 0) is 30.6 Å². The maximum absolute atomic E-state index is 12.1. The van der Waals surface area contributed by atoms with Crippen LogP contribution in [-0.4, -0.2) is 27.2 Å². The van der Waals surface area contributed by atoms with E-state index in [9.17, 15) is 4.79 Å². The third kappa shape index (κ3) is 3.07. The molecular formula is C19H22N4O. The minimum absolute atomic E-state index is 0.0229. The zero-order valence-electron chi connectivity index (χ0n) is 13.7. The van der Waals surface area contributed by atoms with E-state index in [1.54, 1.807) is 4.68 Å². The normalized spacial score (nSPS) is 13.8. The lowest BCUT2D eigenvalue weighted by Gasteiger charge is -2.06. The average molecular weight is 322 g/mol. The lowest BCUT2D eigenvalue weighted by molar-refractivity contribution is -0.121. The number of para-hydroxylation sites is 1. The van der Waals surface area contributed by atoms with E-state index < -0.39 is 0 Å². The van der Waals surface area contributed by atoms with Gasteiger partial charge in [-0.2, -0.15) is 5.10 Å². The van der Waals surface area contributed by atoms with Crippen LogP contribution in [0.4, 0.5) is 0 Å². The summed E-state index contributed by atoms with van der Waals surface area (Å²) in [6, 6.07) is 8.24. The van der Waals surface area contributed by atoms with Gasteiger partial charge in [-0.3, -0.25) is 9.48 Å². The second-order valence-corrected chi connectivity index (χ2v) is 6.47. The predicted octanol–water partition coefficient (Wildman–Crippen LogP) is 2.60. The van der Waals surface area contributed by atoms with Crippen LogP contribution in [0.25, 0.3) is 10.9 Å². The second-order valence-electron chi connectivity index (χ2n) is 6.47. The summed E-state index contributed by atoms with van der Waals surface area (Å²) in [5.74, 6) is 0.0229. The molecule has 2 aromatic heterocycles. The van der Waals surface area contributed by atoms with Gasteiger partial charge in [-0.05, 0) is 49.3 Å². The maximum Gasteiger partial charge on any atom is 0.241 e. The molecule has 2 N–H and O–H groups in total. The summed E-state index contributed by atoms with van der Waals surface area (Å²) < 4.78 is 1.79. The largest absolute Gasteiger partial charge is 0.361 e. The molecular weight excluding hydrogens is 300 g/mol. The zero-order chi connectivity index (χ0) is 16.4. The van der Waals surface area contributed by atoms with Gasteiger partial charge < -0.3 is 10.3 Å². The van der Waals surface area contributed by atoms with E-state index in [1.165, 1.54) is 35.0 Å². The number of hydrogen-bond acceptors (Lipinski definition) is 2. The average Bonchev–Trinajstić information content (AvgIpc) is 3.18. The van der Waals surface area contributed by atoms with Gasteiger partial charge in [0.25, 0.3) is 0 Å². The number of carbonyl (C=O) groups is 1. The van der Waals surface area contributed by atoms with Crippen LogP contribution in [0.15, 0.2) is 36.7 Å². The quantitative estimate of drug-likeness (QED) is 0.758. The van der Waals surface area contributed by atoms with Gasteiger partial charge in [0, 0.05) is 29.8 Å². The Bertz CT molecular complexity index is 838. The van der Waals surface area contributed by atoms with Crippen LogP contribution in [0.1, 0.15) is 29.7 Å². The fourth-order valence-corrected chi connectivity index (χ4v) is 3.49. The number of benzene rings is 1. The van der Waals surface area contributed by atoms with Gasteiger partial charge in [-0.25, -0.2) is 0 Å². The van der Waals surface area contributed by atoms with Gasteiger partial charge in [-0.1, -0.05) is 18.2 Å². The number of aromatic nitrogens is 3. The fraction of sp³-hybridized carbons (Fsp3) is 0.368. The van der Waals surface area contributed by atoms with E-state index in [1.807, 2.05) is 24.5 Å². The van der Waals surface area contributed by atoms with Crippen molar-refractivity contribution >= 4 is 16.8 Å². The predicted molar refractivity (Wildman–Crippen MR) is 93.9 cm³/mol. The van der Waals surface area contributed by atoms with Crippen molar-refractivity contribution in [3.63, 3.8) is 0 Å². The number of nitrogens with one attached hydrogen (secondary N) is 2. The van der Waals surface area contributed by atoms with E-state index in [-0.39, 0.29) is 5.91 Å². The third-order valence-corrected chi connectivity index (χ3v) is 4.73. The van der Waals surface area contributed by atoms with Crippen LogP contribution >= 0.6 is 0 Å². The zero-order valence-corrected chi connectivity index (χ0v) is 13.7. The molecule has 0 atom stereocenters. The van der Waals surface area contributed by atoms with Gasteiger partial charge in [0.1, 0.15) is 6.54 Å². The molecule has 3 aromatic rings. The molecule has 0 saturated carbocycles. The van der Waals surface area contributed by atoms with Crippen molar-refractivity contribution in [2.24, 2.45) is 0 Å². The molecule has 4 rings (SSSR count). The molecule has 5 nitrogen and oxygen atoms in total. The van der Waals surface area contributed by atoms with Crippen LogP contribution < -0.4 is 5.32 Å². The number of aryl methyl sites for hydroxylation is 2. The Morgan fingerprint density at radius 2 is 2.12 bits per heavy atom. The van der Waals surface area contributed by atoms with Crippen LogP contribution in [0, 0.1) is 0 Å². The lowest BCUT2D eigenvalue weighted by atomic mass is 9.99. The molecule has 5 heteroatoms. The number of rotatable bonds is 5. The van der Waals surface area contributed by atoms with Crippen LogP contribution in [0.2, 0.25) is 0 Å². The first-order valence-corrected chi connectivity index (χ1v) is 8.66. The summed E-state index contributed by atoms with van der Waals surface area (Å²) in [4.78, 5) is 15.4. The van der Waals surface area contributed by atoms with E-state index in [0.29, 0.717) is 13.1 Å². The third-order valence-electron chi connectivity index (χ3n) is 4.73. The lowest BCUT2D eigenvalue weighted by Crippen LogP contribution is -2.29. The smallest absolute Gasteiger partial charge is 0.241 e. The van der Waals surface area contributed by atoms with Crippen molar-refractivity contribution in [3.8, 4) is 0 Å². The highest BCUT2D eigenvalue weighted by molar-refractivity contribution is 5.83. The summed E-state index contributed by atoms with van der Waals surface area (Å²) in [5, 5.41) is 8.77.